The zero-order valence-corrected chi connectivity index (χ0v) is 13.1. The fraction of sp³-hybridized carbons (Fsp3) is 0.800. The Kier molecular flexibility index (Phi) is 9.07. The molecule has 2 unspecified atom stereocenters. The Bertz CT molecular complexity index is 441. The zero-order valence-electron chi connectivity index (χ0n) is 13.1. The highest BCUT2D eigenvalue weighted by atomic mass is 16.1. The summed E-state index contributed by atoms with van der Waals surface area (Å²) in [6.45, 7) is 8.49. The monoisotopic (exact) mass is 293 g/mol. The fourth-order valence-corrected chi connectivity index (χ4v) is 2.38. The Balaban J connectivity index is 5.03. The molecule has 0 aromatic heterocycles. The molecule has 0 rings (SSSR count). The fourth-order valence-electron chi connectivity index (χ4n) is 2.38. The molecule has 0 aromatic carbocycles. The van der Waals surface area contributed by atoms with Crippen molar-refractivity contribution in [1.29, 1.82) is 0 Å². The lowest BCUT2D eigenvalue weighted by Crippen LogP contribution is -2.28. The average molecular weight is 293 g/mol. The molecular formula is C15H23N3O3. The van der Waals surface area contributed by atoms with Crippen LogP contribution in [-0.4, -0.2) is 31.0 Å². The maximum absolute atomic E-state index is 10.4. The van der Waals surface area contributed by atoms with Crippen molar-refractivity contribution in [3.63, 3.8) is 0 Å². The minimum atomic E-state index is -0.779. The molecule has 0 saturated heterocycles. The third-order valence-corrected chi connectivity index (χ3v) is 3.54. The number of isocyanates is 3. The molecule has 0 heterocycles. The third kappa shape index (κ3) is 8.11. The van der Waals surface area contributed by atoms with E-state index in [-0.39, 0.29) is 11.3 Å². The van der Waals surface area contributed by atoms with Gasteiger partial charge in [-0.1, -0.05) is 34.1 Å². The van der Waals surface area contributed by atoms with Crippen LogP contribution in [0.5, 0.6) is 0 Å². The normalized spacial score (nSPS) is 15.9. The van der Waals surface area contributed by atoms with Gasteiger partial charge in [-0.25, -0.2) is 19.4 Å². The van der Waals surface area contributed by atoms with E-state index in [1.807, 2.05) is 13.8 Å². The number of rotatable bonds is 10. The van der Waals surface area contributed by atoms with Crippen LogP contribution in [0.1, 0.15) is 47.0 Å². The van der Waals surface area contributed by atoms with Crippen molar-refractivity contribution in [1.82, 2.24) is 0 Å². The molecule has 0 fully saturated rings. The topological polar surface area (TPSA) is 88.3 Å². The first-order chi connectivity index (χ1) is 9.88. The summed E-state index contributed by atoms with van der Waals surface area (Å²) >= 11 is 0. The summed E-state index contributed by atoms with van der Waals surface area (Å²) in [4.78, 5) is 41.9. The summed E-state index contributed by atoms with van der Waals surface area (Å²) in [5.74, 6) is 0.392. The summed E-state index contributed by atoms with van der Waals surface area (Å²) in [6, 6.07) is 0. The molecule has 0 aliphatic rings. The summed E-state index contributed by atoms with van der Waals surface area (Å²) in [6.07, 6.45) is 6.15. The molecule has 0 N–H and O–H groups in total. The lowest BCUT2D eigenvalue weighted by Gasteiger charge is -2.31. The number of hydrogen-bond acceptors (Lipinski definition) is 6. The van der Waals surface area contributed by atoms with Crippen LogP contribution < -0.4 is 0 Å². The average Bonchev–Trinajstić information content (AvgIpc) is 2.43. The van der Waals surface area contributed by atoms with Gasteiger partial charge in [0.2, 0.25) is 18.2 Å². The minimum absolute atomic E-state index is 0.146. The molecule has 116 valence electrons. The van der Waals surface area contributed by atoms with Crippen LogP contribution in [0.2, 0.25) is 0 Å². The Morgan fingerprint density at radius 1 is 1.00 bits per heavy atom. The Morgan fingerprint density at radius 3 is 2.00 bits per heavy atom. The number of hydrogen-bond donors (Lipinski definition) is 0. The number of aliphatic imine (C=N–C) groups is 3. The van der Waals surface area contributed by atoms with Crippen molar-refractivity contribution in [3.8, 4) is 0 Å². The van der Waals surface area contributed by atoms with Gasteiger partial charge >= 0.3 is 0 Å². The van der Waals surface area contributed by atoms with E-state index in [9.17, 15) is 14.4 Å². The van der Waals surface area contributed by atoms with Crippen LogP contribution >= 0.6 is 0 Å². The van der Waals surface area contributed by atoms with E-state index in [0.29, 0.717) is 18.9 Å². The molecule has 0 aliphatic carbocycles. The second-order valence-electron chi connectivity index (χ2n) is 6.19. The van der Waals surface area contributed by atoms with Gasteiger partial charge in [0.05, 0.1) is 6.54 Å². The van der Waals surface area contributed by atoms with E-state index < -0.39 is 6.17 Å². The van der Waals surface area contributed by atoms with Gasteiger partial charge in [0.1, 0.15) is 0 Å². The van der Waals surface area contributed by atoms with E-state index >= 15 is 0 Å². The quantitative estimate of drug-likeness (QED) is 0.458. The first-order valence-electron chi connectivity index (χ1n) is 7.06. The molecule has 0 spiro atoms. The Labute approximate surface area is 125 Å². The second-order valence-corrected chi connectivity index (χ2v) is 6.19. The molecule has 6 nitrogen and oxygen atoms in total. The molecule has 0 aliphatic heterocycles. The maximum atomic E-state index is 10.4. The van der Waals surface area contributed by atoms with E-state index in [4.69, 9.17) is 0 Å². The second kappa shape index (κ2) is 9.95. The van der Waals surface area contributed by atoms with Crippen LogP contribution in [0, 0.1) is 17.3 Å². The van der Waals surface area contributed by atoms with Crippen molar-refractivity contribution in [2.45, 2.75) is 53.1 Å². The van der Waals surface area contributed by atoms with Crippen LogP contribution in [0.4, 0.5) is 0 Å². The molecule has 0 radical (unpaired) electrons. The highest BCUT2D eigenvalue weighted by molar-refractivity contribution is 5.37. The summed E-state index contributed by atoms with van der Waals surface area (Å²) < 4.78 is 0. The molecule has 2 atom stereocenters. The number of carbonyl (C=O) groups excluding carboxylic acids is 3. The first kappa shape index (κ1) is 19.1. The maximum Gasteiger partial charge on any atom is 0.237 e. The molecule has 21 heavy (non-hydrogen) atoms. The lowest BCUT2D eigenvalue weighted by atomic mass is 9.76. The van der Waals surface area contributed by atoms with Crippen molar-refractivity contribution in [3.05, 3.63) is 0 Å². The molecule has 6 heteroatoms. The van der Waals surface area contributed by atoms with Crippen LogP contribution in [0.3, 0.4) is 0 Å². The molecule has 0 amide bonds. The van der Waals surface area contributed by atoms with E-state index in [1.165, 1.54) is 12.2 Å². The highest BCUT2D eigenvalue weighted by Crippen LogP contribution is 2.35. The highest BCUT2D eigenvalue weighted by Gasteiger charge is 2.30. The van der Waals surface area contributed by atoms with Gasteiger partial charge in [-0.15, -0.1) is 0 Å². The van der Waals surface area contributed by atoms with Gasteiger partial charge in [-0.3, -0.25) is 0 Å². The largest absolute Gasteiger partial charge is 0.237 e. The van der Waals surface area contributed by atoms with E-state index in [0.717, 1.165) is 12.8 Å². The Morgan fingerprint density at radius 2 is 1.57 bits per heavy atom. The zero-order chi connectivity index (χ0) is 16.3. The van der Waals surface area contributed by atoms with Crippen LogP contribution in [0.25, 0.3) is 0 Å². The molecule has 0 saturated carbocycles. The van der Waals surface area contributed by atoms with Gasteiger partial charge in [0.15, 0.2) is 6.17 Å². The van der Waals surface area contributed by atoms with Crippen molar-refractivity contribution >= 4 is 18.2 Å². The SMILES string of the molecule is CC(C)CCC(C)(CN=C=O)CC(C)C(N=C=O)N=C=O. The molecule has 0 aromatic rings. The van der Waals surface area contributed by atoms with Gasteiger partial charge in [-0.2, -0.15) is 9.98 Å². The van der Waals surface area contributed by atoms with Crippen LogP contribution in [0.15, 0.2) is 15.0 Å². The smallest absolute Gasteiger partial charge is 0.211 e. The predicted octanol–water partition coefficient (Wildman–Crippen LogP) is 2.79. The molecular weight excluding hydrogens is 270 g/mol. The summed E-state index contributed by atoms with van der Waals surface area (Å²) in [7, 11) is 0. The van der Waals surface area contributed by atoms with Gasteiger partial charge in [-0.05, 0) is 24.2 Å². The van der Waals surface area contributed by atoms with Gasteiger partial charge < -0.3 is 0 Å². The van der Waals surface area contributed by atoms with E-state index in [2.05, 4.69) is 28.8 Å². The van der Waals surface area contributed by atoms with Crippen molar-refractivity contribution in [2.24, 2.45) is 32.2 Å². The summed E-state index contributed by atoms with van der Waals surface area (Å²) in [5.41, 5.74) is -0.226. The first-order valence-corrected chi connectivity index (χ1v) is 7.06. The van der Waals surface area contributed by atoms with Crippen molar-refractivity contribution < 1.29 is 14.4 Å². The van der Waals surface area contributed by atoms with Crippen molar-refractivity contribution in [2.75, 3.05) is 6.54 Å². The van der Waals surface area contributed by atoms with E-state index in [1.54, 1.807) is 6.08 Å². The van der Waals surface area contributed by atoms with Crippen LogP contribution in [-0.2, 0) is 14.4 Å². The lowest BCUT2D eigenvalue weighted by molar-refractivity contribution is 0.209. The standard InChI is InChI=1S/C15H23N3O3/c1-12(2)5-6-15(4,8-16-9-19)7-13(3)14(17-10-20)18-11-21/h12-14H,5-8H2,1-4H3. The summed E-state index contributed by atoms with van der Waals surface area (Å²) in [5, 5.41) is 0. The Hall–Kier alpha value is -1.86. The predicted molar refractivity (Wildman–Crippen MR) is 79.0 cm³/mol. The molecule has 0 bridgehead atoms. The number of nitrogens with zero attached hydrogens (tertiary/aromatic N) is 3. The van der Waals surface area contributed by atoms with Gasteiger partial charge in [0.25, 0.3) is 0 Å². The van der Waals surface area contributed by atoms with Gasteiger partial charge in [0, 0.05) is 5.92 Å². The third-order valence-electron chi connectivity index (χ3n) is 3.54. The minimum Gasteiger partial charge on any atom is -0.211 e.